The summed E-state index contributed by atoms with van der Waals surface area (Å²) in [5.41, 5.74) is 0.172. The summed E-state index contributed by atoms with van der Waals surface area (Å²) < 4.78 is 28.8. The van der Waals surface area contributed by atoms with Gasteiger partial charge in [-0.1, -0.05) is 0 Å². The van der Waals surface area contributed by atoms with Crippen molar-refractivity contribution in [1.82, 2.24) is 0 Å². The average Bonchev–Trinajstić information content (AvgIpc) is 2.68. The molecule has 28 heavy (non-hydrogen) atoms. The topological polar surface area (TPSA) is 108 Å². The number of nitrogens with zero attached hydrogens (tertiary/aromatic N) is 2. The van der Waals surface area contributed by atoms with E-state index in [0.717, 1.165) is 11.0 Å². The van der Waals surface area contributed by atoms with E-state index >= 15 is 0 Å². The number of hydrogen-bond donors (Lipinski definition) is 0. The minimum Gasteiger partial charge on any atom is -0.496 e. The fourth-order valence-electron chi connectivity index (χ4n) is 2.67. The molecule has 0 spiro atoms. The lowest BCUT2D eigenvalue weighted by atomic mass is 10.2. The Hall–Kier alpha value is -3.69. The Morgan fingerprint density at radius 1 is 1.32 bits per heavy atom. The summed E-state index contributed by atoms with van der Waals surface area (Å²) in [5, 5.41) is 11.0. The number of nitro benzene ring substituents is 1. The smallest absolute Gasteiger partial charge is 0.326 e. The second-order valence-corrected chi connectivity index (χ2v) is 5.79. The minimum atomic E-state index is -0.779. The summed E-state index contributed by atoms with van der Waals surface area (Å²) in [4.78, 5) is 35.8. The van der Waals surface area contributed by atoms with Crippen molar-refractivity contribution in [1.29, 1.82) is 0 Å². The Labute approximate surface area is 158 Å². The SMILES string of the molecule is COc1ccc(F)cc1COC(=O)CN1C(=O)COc2ccc([N+](=O)[O-])cc21. The van der Waals surface area contributed by atoms with Gasteiger partial charge >= 0.3 is 5.97 Å². The molecule has 0 fully saturated rings. The van der Waals surface area contributed by atoms with E-state index < -0.39 is 29.2 Å². The molecule has 1 heterocycles. The second kappa shape index (κ2) is 7.91. The number of anilines is 1. The number of halogens is 1. The summed E-state index contributed by atoms with van der Waals surface area (Å²) in [6.07, 6.45) is 0. The van der Waals surface area contributed by atoms with E-state index in [2.05, 4.69) is 0 Å². The van der Waals surface area contributed by atoms with Crippen LogP contribution in [0, 0.1) is 15.9 Å². The lowest BCUT2D eigenvalue weighted by Gasteiger charge is -2.28. The third-order valence-electron chi connectivity index (χ3n) is 4.01. The van der Waals surface area contributed by atoms with Crippen molar-refractivity contribution < 1.29 is 33.1 Å². The van der Waals surface area contributed by atoms with Gasteiger partial charge in [0.15, 0.2) is 6.61 Å². The van der Waals surface area contributed by atoms with Crippen LogP contribution in [0.4, 0.5) is 15.8 Å². The zero-order valence-corrected chi connectivity index (χ0v) is 14.7. The summed E-state index contributed by atoms with van der Waals surface area (Å²) in [6, 6.07) is 7.52. The fourth-order valence-corrected chi connectivity index (χ4v) is 2.67. The van der Waals surface area contributed by atoms with Crippen LogP contribution < -0.4 is 14.4 Å². The van der Waals surface area contributed by atoms with Crippen LogP contribution in [-0.2, 0) is 20.9 Å². The predicted octanol–water partition coefficient (Wildman–Crippen LogP) is 2.21. The van der Waals surface area contributed by atoms with E-state index in [0.29, 0.717) is 11.3 Å². The van der Waals surface area contributed by atoms with Gasteiger partial charge in [0.25, 0.3) is 11.6 Å². The summed E-state index contributed by atoms with van der Waals surface area (Å²) in [7, 11) is 1.40. The fraction of sp³-hybridized carbons (Fsp3) is 0.222. The Morgan fingerprint density at radius 2 is 2.11 bits per heavy atom. The quantitative estimate of drug-likeness (QED) is 0.423. The molecule has 0 atom stereocenters. The van der Waals surface area contributed by atoms with Crippen molar-refractivity contribution in [2.45, 2.75) is 6.61 Å². The number of benzene rings is 2. The van der Waals surface area contributed by atoms with Crippen molar-refractivity contribution >= 4 is 23.3 Å². The van der Waals surface area contributed by atoms with E-state index in [1.54, 1.807) is 0 Å². The van der Waals surface area contributed by atoms with Gasteiger partial charge < -0.3 is 14.2 Å². The van der Waals surface area contributed by atoms with Crippen LogP contribution in [0.15, 0.2) is 36.4 Å². The molecule has 9 nitrogen and oxygen atoms in total. The Balaban J connectivity index is 1.74. The summed E-state index contributed by atoms with van der Waals surface area (Å²) >= 11 is 0. The number of ether oxygens (including phenoxy) is 3. The van der Waals surface area contributed by atoms with E-state index in [-0.39, 0.29) is 30.3 Å². The van der Waals surface area contributed by atoms with E-state index in [9.17, 15) is 24.1 Å². The highest BCUT2D eigenvalue weighted by molar-refractivity contribution is 6.01. The van der Waals surface area contributed by atoms with E-state index in [1.165, 1.54) is 37.4 Å². The molecule has 10 heteroatoms. The summed E-state index contributed by atoms with van der Waals surface area (Å²) in [6.45, 7) is -1.05. The molecule has 1 amide bonds. The molecular weight excluding hydrogens is 375 g/mol. The lowest BCUT2D eigenvalue weighted by Crippen LogP contribution is -2.42. The molecule has 1 aliphatic rings. The second-order valence-electron chi connectivity index (χ2n) is 5.79. The van der Waals surface area contributed by atoms with Crippen LogP contribution in [0.2, 0.25) is 0 Å². The van der Waals surface area contributed by atoms with Gasteiger partial charge in [-0.05, 0) is 24.3 Å². The highest BCUT2D eigenvalue weighted by atomic mass is 19.1. The molecule has 2 aromatic rings. The zero-order chi connectivity index (χ0) is 20.3. The molecule has 0 bridgehead atoms. The number of esters is 1. The number of amides is 1. The maximum atomic E-state index is 13.4. The van der Waals surface area contributed by atoms with Crippen molar-refractivity contribution in [3.63, 3.8) is 0 Å². The maximum absolute atomic E-state index is 13.4. The number of methoxy groups -OCH3 is 1. The zero-order valence-electron chi connectivity index (χ0n) is 14.7. The molecule has 0 N–H and O–H groups in total. The monoisotopic (exact) mass is 390 g/mol. The van der Waals surface area contributed by atoms with Crippen LogP contribution >= 0.6 is 0 Å². The standard InChI is InChI=1S/C18H15FN2O7/c1-26-15-4-2-12(19)6-11(15)9-28-18(23)8-20-14-7-13(21(24)25)3-5-16(14)27-10-17(20)22/h2-7H,8-10H2,1H3. The lowest BCUT2D eigenvalue weighted by molar-refractivity contribution is -0.384. The van der Waals surface area contributed by atoms with Crippen LogP contribution in [0.5, 0.6) is 11.5 Å². The van der Waals surface area contributed by atoms with Gasteiger partial charge in [-0.3, -0.25) is 24.6 Å². The van der Waals surface area contributed by atoms with Crippen LogP contribution in [0.1, 0.15) is 5.56 Å². The third-order valence-corrected chi connectivity index (χ3v) is 4.01. The Bertz CT molecular complexity index is 948. The van der Waals surface area contributed by atoms with Gasteiger partial charge in [-0.2, -0.15) is 0 Å². The van der Waals surface area contributed by atoms with Crippen molar-refractivity contribution in [2.24, 2.45) is 0 Å². The van der Waals surface area contributed by atoms with Gasteiger partial charge in [0.2, 0.25) is 0 Å². The number of non-ortho nitro benzene ring substituents is 1. The molecule has 0 aromatic heterocycles. The number of hydrogen-bond acceptors (Lipinski definition) is 7. The molecule has 3 rings (SSSR count). The third kappa shape index (κ3) is 4.00. The van der Waals surface area contributed by atoms with Crippen LogP contribution in [-0.4, -0.2) is 37.1 Å². The Kier molecular flexibility index (Phi) is 5.39. The first-order valence-corrected chi connectivity index (χ1v) is 8.08. The average molecular weight is 390 g/mol. The highest BCUT2D eigenvalue weighted by Crippen LogP contribution is 2.35. The predicted molar refractivity (Wildman–Crippen MR) is 93.7 cm³/mol. The van der Waals surface area contributed by atoms with Gasteiger partial charge in [-0.15, -0.1) is 0 Å². The number of nitro groups is 1. The molecule has 2 aromatic carbocycles. The number of carbonyl (C=O) groups excluding carboxylic acids is 2. The molecular formula is C18H15FN2O7. The largest absolute Gasteiger partial charge is 0.496 e. The molecule has 0 unspecified atom stereocenters. The normalized spacial score (nSPS) is 12.8. The number of rotatable bonds is 6. The minimum absolute atomic E-state index is 0.103. The maximum Gasteiger partial charge on any atom is 0.326 e. The molecule has 0 aliphatic carbocycles. The first-order valence-electron chi connectivity index (χ1n) is 8.08. The van der Waals surface area contributed by atoms with Crippen molar-refractivity contribution in [3.8, 4) is 11.5 Å². The van der Waals surface area contributed by atoms with Gasteiger partial charge in [0.1, 0.15) is 30.5 Å². The van der Waals surface area contributed by atoms with Crippen molar-refractivity contribution in [2.75, 3.05) is 25.2 Å². The molecule has 0 saturated heterocycles. The highest BCUT2D eigenvalue weighted by Gasteiger charge is 2.29. The molecule has 0 radical (unpaired) electrons. The first-order chi connectivity index (χ1) is 13.4. The summed E-state index contributed by atoms with van der Waals surface area (Å²) in [5.74, 6) is -1.26. The number of carbonyl (C=O) groups is 2. The van der Waals surface area contributed by atoms with Crippen molar-refractivity contribution in [3.05, 3.63) is 57.9 Å². The molecule has 146 valence electrons. The first kappa shape index (κ1) is 19.1. The van der Waals surface area contributed by atoms with Crippen LogP contribution in [0.3, 0.4) is 0 Å². The van der Waals surface area contributed by atoms with E-state index in [1.807, 2.05) is 0 Å². The van der Waals surface area contributed by atoms with E-state index in [4.69, 9.17) is 14.2 Å². The van der Waals surface area contributed by atoms with Gasteiger partial charge in [-0.25, -0.2) is 4.39 Å². The van der Waals surface area contributed by atoms with Crippen LogP contribution in [0.25, 0.3) is 0 Å². The number of fused-ring (bicyclic) bond motifs is 1. The Morgan fingerprint density at radius 3 is 2.82 bits per heavy atom. The molecule has 1 aliphatic heterocycles. The molecule has 0 saturated carbocycles. The van der Waals surface area contributed by atoms with Gasteiger partial charge in [0.05, 0.1) is 17.7 Å². The van der Waals surface area contributed by atoms with Gasteiger partial charge in [0, 0.05) is 17.7 Å².